The molecular weight excluding hydrogens is 308 g/mol. The van der Waals surface area contributed by atoms with Gasteiger partial charge in [0.25, 0.3) is 0 Å². The largest absolute Gasteiger partial charge is 0.349 e. The smallest absolute Gasteiger partial charge is 0.205 e. The summed E-state index contributed by atoms with van der Waals surface area (Å²) in [6, 6.07) is 10.8. The number of hydrogen-bond acceptors (Lipinski definition) is 4. The lowest BCUT2D eigenvalue weighted by molar-refractivity contribution is -2.00. The summed E-state index contributed by atoms with van der Waals surface area (Å²) < 4.78 is 36.4. The van der Waals surface area contributed by atoms with E-state index in [0.717, 1.165) is 0 Å². The number of nitrogens with one attached hydrogen (secondary N) is 1. The Morgan fingerprint density at radius 2 is 1.68 bits per heavy atom. The molecule has 6 nitrogen and oxygen atoms in total. The zero-order valence-corrected chi connectivity index (χ0v) is 12.5. The number of aromatic amines is 1. The van der Waals surface area contributed by atoms with Crippen LogP contribution in [-0.2, 0) is 13.0 Å². The Morgan fingerprint density at radius 1 is 0.955 bits per heavy atom. The van der Waals surface area contributed by atoms with Gasteiger partial charge >= 0.3 is 0 Å². The predicted molar refractivity (Wildman–Crippen MR) is 68.9 cm³/mol. The first-order valence-corrected chi connectivity index (χ1v) is 8.20. The van der Waals surface area contributed by atoms with Crippen molar-refractivity contribution in [2.45, 2.75) is 25.8 Å². The highest BCUT2D eigenvalue weighted by atomic mass is 35.7. The lowest BCUT2D eigenvalue weighted by Crippen LogP contribution is -2.68. The number of rotatable bonds is 0. The molecule has 1 aromatic carbocycles. The van der Waals surface area contributed by atoms with Gasteiger partial charge in [-0.3, -0.25) is 0 Å². The number of hydrogen-bond donors (Lipinski definition) is 1. The van der Waals surface area contributed by atoms with Crippen molar-refractivity contribution >= 4 is 21.8 Å². The molecule has 0 fully saturated rings. The summed E-state index contributed by atoms with van der Waals surface area (Å²) in [6.07, 6.45) is 6.07. The normalized spacial score (nSPS) is 14.5. The summed E-state index contributed by atoms with van der Waals surface area (Å²) in [5.41, 5.74) is 4.07. The van der Waals surface area contributed by atoms with Crippen LogP contribution in [0.4, 0.5) is 0 Å². The molecule has 0 unspecified atom stereocenters. The van der Waals surface area contributed by atoms with Gasteiger partial charge in [-0.2, -0.15) is 0 Å². The van der Waals surface area contributed by atoms with E-state index in [2.05, 4.69) is 46.1 Å². The number of benzene rings is 1. The molecule has 0 atom stereocenters. The Kier molecular flexibility index (Phi) is 4.03. The second kappa shape index (κ2) is 5.83. The first-order chi connectivity index (χ1) is 10.4. The van der Waals surface area contributed by atoms with E-state index < -0.39 is 10.2 Å². The second-order valence-electron chi connectivity index (χ2n) is 5.25. The molecule has 3 aromatic rings. The minimum absolute atomic E-state index is 1.17. The van der Waals surface area contributed by atoms with Gasteiger partial charge in [0.05, 0.1) is 0 Å². The van der Waals surface area contributed by atoms with Crippen LogP contribution in [0.3, 0.4) is 0 Å². The van der Waals surface area contributed by atoms with Gasteiger partial charge in [-0.15, -0.1) is 10.2 Å². The van der Waals surface area contributed by atoms with E-state index >= 15 is 0 Å². The van der Waals surface area contributed by atoms with Gasteiger partial charge in [0.15, 0.2) is 6.20 Å². The molecule has 0 radical (unpaired) electrons. The van der Waals surface area contributed by atoms with Crippen molar-refractivity contribution in [1.82, 2.24) is 4.98 Å². The summed E-state index contributed by atoms with van der Waals surface area (Å²) in [5, 5.41) is 2.71. The van der Waals surface area contributed by atoms with Crippen molar-refractivity contribution in [1.29, 1.82) is 0 Å². The molecule has 1 aliphatic heterocycles. The summed E-state index contributed by atoms with van der Waals surface area (Å²) in [7, 11) is -4.94. The number of aryl methyl sites for hydroxylation is 2. The van der Waals surface area contributed by atoms with Crippen molar-refractivity contribution in [3.05, 3.63) is 42.2 Å². The fraction of sp³-hybridized carbons (Fsp3) is 0.267. The van der Waals surface area contributed by atoms with Gasteiger partial charge in [0.2, 0.25) is 5.69 Å². The molecule has 0 bridgehead atoms. The van der Waals surface area contributed by atoms with Crippen LogP contribution >= 0.6 is 0 Å². The van der Waals surface area contributed by atoms with Crippen LogP contribution in [0.1, 0.15) is 18.5 Å². The van der Waals surface area contributed by atoms with Gasteiger partial charge in [0, 0.05) is 35.2 Å². The lowest BCUT2D eigenvalue weighted by atomic mass is 10.1. The van der Waals surface area contributed by atoms with Crippen molar-refractivity contribution in [2.75, 3.05) is 0 Å². The van der Waals surface area contributed by atoms with Crippen LogP contribution < -0.4 is 23.2 Å². The zero-order chi connectivity index (χ0) is 15.7. The monoisotopic (exact) mass is 322 g/mol. The molecule has 1 N–H and O–H groups in total. The molecule has 0 amide bonds. The van der Waals surface area contributed by atoms with Crippen molar-refractivity contribution in [2.24, 2.45) is 0 Å². The molecule has 116 valence electrons. The first-order valence-electron chi connectivity index (χ1n) is 6.97. The number of H-pyrrole nitrogens is 1. The van der Waals surface area contributed by atoms with Gasteiger partial charge in [-0.1, -0.05) is 18.2 Å². The number of halogens is 1. The van der Waals surface area contributed by atoms with Crippen LogP contribution in [0.15, 0.2) is 36.5 Å². The summed E-state index contributed by atoms with van der Waals surface area (Å²) in [4.78, 5) is 3.59. The maximum absolute atomic E-state index is 8.49. The third kappa shape index (κ3) is 3.21. The molecule has 0 aliphatic carbocycles. The van der Waals surface area contributed by atoms with E-state index in [1.54, 1.807) is 0 Å². The van der Waals surface area contributed by atoms with Crippen LogP contribution in [0.5, 0.6) is 0 Å². The molecule has 22 heavy (non-hydrogen) atoms. The van der Waals surface area contributed by atoms with Crippen LogP contribution in [-0.4, -0.2) is 4.98 Å². The molecule has 2 aromatic heterocycles. The number of para-hydroxylation sites is 1. The highest BCUT2D eigenvalue weighted by molar-refractivity contribution is 6.07. The highest BCUT2D eigenvalue weighted by Crippen LogP contribution is 2.27. The molecule has 0 saturated carbocycles. The number of pyridine rings is 1. The second-order valence-corrected chi connectivity index (χ2v) is 6.01. The summed E-state index contributed by atoms with van der Waals surface area (Å²) in [6.45, 7) is 1.17. The third-order valence-corrected chi connectivity index (χ3v) is 3.87. The van der Waals surface area contributed by atoms with E-state index in [1.807, 2.05) is 0 Å². The van der Waals surface area contributed by atoms with E-state index in [9.17, 15) is 0 Å². The Bertz CT molecular complexity index is 804. The minimum atomic E-state index is -4.94. The summed E-state index contributed by atoms with van der Waals surface area (Å²) >= 11 is 0. The van der Waals surface area contributed by atoms with Crippen molar-refractivity contribution < 1.29 is 33.4 Å². The summed E-state index contributed by atoms with van der Waals surface area (Å²) in [5.74, 6) is 0. The zero-order valence-electron chi connectivity index (χ0n) is 11.8. The van der Waals surface area contributed by atoms with Crippen LogP contribution in [0.25, 0.3) is 21.8 Å². The standard InChI is InChI=1S/C15H14N2.ClHO4/c1-2-6-13-11(5-1)12-8-10-17-9-4-3-7-14(17)15(12)16-13;2-1(3,4)5/h1-2,5-6,8,10H,3-4,7,9H2;(H,2,3,4,5). The number of aromatic nitrogens is 2. The third-order valence-electron chi connectivity index (χ3n) is 3.87. The Labute approximate surface area is 129 Å². The molecule has 1 aliphatic rings. The van der Waals surface area contributed by atoms with Gasteiger partial charge in [0.1, 0.15) is 12.1 Å². The van der Waals surface area contributed by atoms with Crippen LogP contribution in [0.2, 0.25) is 0 Å². The Hall–Kier alpha value is -1.70. The lowest BCUT2D eigenvalue weighted by Gasteiger charge is -2.17. The SMILES string of the molecule is [O-][Cl+3]([O-])([O-])[O-].c1ccc2c(c1)[nH]c1c3[n+](ccc12)CCCC3. The van der Waals surface area contributed by atoms with Gasteiger partial charge in [-0.05, 0) is 12.5 Å². The molecule has 0 saturated heterocycles. The average molecular weight is 323 g/mol. The maximum atomic E-state index is 8.49. The highest BCUT2D eigenvalue weighted by Gasteiger charge is 2.21. The molecular formula is C15H15ClN2O4. The van der Waals surface area contributed by atoms with Gasteiger partial charge < -0.3 is 4.98 Å². The van der Waals surface area contributed by atoms with Crippen molar-refractivity contribution in [3.63, 3.8) is 0 Å². The average Bonchev–Trinajstić information content (AvgIpc) is 2.84. The Balaban J connectivity index is 0.000000254. The Morgan fingerprint density at radius 3 is 2.45 bits per heavy atom. The molecule has 7 heteroatoms. The van der Waals surface area contributed by atoms with E-state index in [4.69, 9.17) is 18.6 Å². The fourth-order valence-corrected chi connectivity index (χ4v) is 3.02. The van der Waals surface area contributed by atoms with Crippen molar-refractivity contribution in [3.8, 4) is 0 Å². The molecule has 3 heterocycles. The maximum Gasteiger partial charge on any atom is 0.205 e. The van der Waals surface area contributed by atoms with E-state index in [-0.39, 0.29) is 0 Å². The molecule has 4 rings (SSSR count). The van der Waals surface area contributed by atoms with Crippen LogP contribution in [0, 0.1) is 10.2 Å². The van der Waals surface area contributed by atoms with Gasteiger partial charge in [-0.25, -0.2) is 23.2 Å². The molecule has 0 spiro atoms. The topological polar surface area (TPSA) is 112 Å². The number of fused-ring (bicyclic) bond motifs is 5. The quantitative estimate of drug-likeness (QED) is 0.491. The predicted octanol–water partition coefficient (Wildman–Crippen LogP) is -1.81. The van der Waals surface area contributed by atoms with E-state index in [1.165, 1.54) is 53.3 Å². The number of nitrogens with zero attached hydrogens (tertiary/aromatic N) is 1. The minimum Gasteiger partial charge on any atom is -0.349 e. The fourth-order valence-electron chi connectivity index (χ4n) is 3.02. The van der Waals surface area contributed by atoms with E-state index in [0.29, 0.717) is 0 Å². The first kappa shape index (κ1) is 15.2.